The molecular weight excluding hydrogens is 441 g/mol. The van der Waals surface area contributed by atoms with Crippen LogP contribution < -0.4 is 10.6 Å². The third-order valence-electron chi connectivity index (χ3n) is 4.21. The first-order valence-corrected chi connectivity index (χ1v) is 10.9. The Hall–Kier alpha value is -1.83. The lowest BCUT2D eigenvalue weighted by molar-refractivity contribution is -0.123. The second-order valence-corrected chi connectivity index (χ2v) is 8.16. The van der Waals surface area contributed by atoms with E-state index in [1.807, 2.05) is 6.26 Å². The Balaban J connectivity index is 2.12. The molecule has 4 nitrogen and oxygen atoms in total. The highest BCUT2D eigenvalue weighted by Crippen LogP contribution is 2.21. The number of rotatable bonds is 8. The van der Waals surface area contributed by atoms with E-state index < -0.39 is 35.5 Å². The molecular formula is C20H20Cl2F2N2O2S. The molecule has 0 bridgehead atoms. The highest BCUT2D eigenvalue weighted by Gasteiger charge is 2.24. The molecule has 0 aliphatic heterocycles. The van der Waals surface area contributed by atoms with Gasteiger partial charge in [0.05, 0.1) is 16.6 Å². The van der Waals surface area contributed by atoms with E-state index >= 15 is 0 Å². The molecule has 2 amide bonds. The number of thioether (sulfide) groups is 1. The highest BCUT2D eigenvalue weighted by atomic mass is 35.5. The molecule has 2 aromatic rings. The first-order chi connectivity index (χ1) is 13.7. The van der Waals surface area contributed by atoms with Crippen molar-refractivity contribution in [1.29, 1.82) is 0 Å². The van der Waals surface area contributed by atoms with Crippen LogP contribution in [0.2, 0.25) is 10.0 Å². The van der Waals surface area contributed by atoms with Crippen LogP contribution >= 0.6 is 35.0 Å². The number of nitrogens with one attached hydrogen (secondary N) is 2. The van der Waals surface area contributed by atoms with Gasteiger partial charge in [0.25, 0.3) is 5.91 Å². The van der Waals surface area contributed by atoms with Gasteiger partial charge in [0.15, 0.2) is 11.6 Å². The predicted molar refractivity (Wildman–Crippen MR) is 114 cm³/mol. The van der Waals surface area contributed by atoms with Crippen molar-refractivity contribution in [3.8, 4) is 0 Å². The van der Waals surface area contributed by atoms with E-state index in [1.54, 1.807) is 6.92 Å². The Bertz CT molecular complexity index is 899. The van der Waals surface area contributed by atoms with Gasteiger partial charge in [0, 0.05) is 5.02 Å². The van der Waals surface area contributed by atoms with Crippen molar-refractivity contribution in [1.82, 2.24) is 10.6 Å². The van der Waals surface area contributed by atoms with Crippen LogP contribution in [0.3, 0.4) is 0 Å². The topological polar surface area (TPSA) is 58.2 Å². The molecule has 0 radical (unpaired) electrons. The maximum Gasteiger partial charge on any atom is 0.253 e. The molecule has 2 rings (SSSR count). The monoisotopic (exact) mass is 460 g/mol. The van der Waals surface area contributed by atoms with E-state index in [9.17, 15) is 18.4 Å². The molecule has 0 fully saturated rings. The van der Waals surface area contributed by atoms with E-state index in [0.717, 1.165) is 12.1 Å². The van der Waals surface area contributed by atoms with Crippen LogP contribution in [0.15, 0.2) is 36.4 Å². The SMILES string of the molecule is CSCCC(NC(=O)c1ccc(Cl)cc1Cl)C(=O)NC(C)c1ccc(F)c(F)c1. The van der Waals surface area contributed by atoms with Crippen molar-refractivity contribution in [2.75, 3.05) is 12.0 Å². The molecule has 0 saturated heterocycles. The minimum atomic E-state index is -0.992. The van der Waals surface area contributed by atoms with Gasteiger partial charge in [-0.05, 0) is 61.2 Å². The minimum absolute atomic E-state index is 0.175. The number of hydrogen-bond acceptors (Lipinski definition) is 3. The van der Waals surface area contributed by atoms with Crippen LogP contribution in [0.5, 0.6) is 0 Å². The van der Waals surface area contributed by atoms with Gasteiger partial charge in [-0.1, -0.05) is 29.3 Å². The first-order valence-electron chi connectivity index (χ1n) is 8.73. The molecule has 2 N–H and O–H groups in total. The summed E-state index contributed by atoms with van der Waals surface area (Å²) in [4.78, 5) is 25.3. The second-order valence-electron chi connectivity index (χ2n) is 6.34. The number of amides is 2. The molecule has 2 unspecified atom stereocenters. The van der Waals surface area contributed by atoms with Crippen LogP contribution in [0.4, 0.5) is 8.78 Å². The summed E-state index contributed by atoms with van der Waals surface area (Å²) in [5.74, 6) is -2.26. The highest BCUT2D eigenvalue weighted by molar-refractivity contribution is 7.98. The Labute approximate surface area is 182 Å². The molecule has 9 heteroatoms. The van der Waals surface area contributed by atoms with Crippen LogP contribution in [0, 0.1) is 11.6 Å². The first kappa shape index (κ1) is 23.4. The third kappa shape index (κ3) is 6.59. The summed E-state index contributed by atoms with van der Waals surface area (Å²) < 4.78 is 26.6. The van der Waals surface area contributed by atoms with E-state index in [1.165, 1.54) is 36.0 Å². The largest absolute Gasteiger partial charge is 0.348 e. The van der Waals surface area contributed by atoms with Crippen molar-refractivity contribution in [2.24, 2.45) is 0 Å². The second kappa shape index (κ2) is 10.8. The summed E-state index contributed by atoms with van der Waals surface area (Å²) in [7, 11) is 0. The van der Waals surface area contributed by atoms with Crippen LogP contribution in [0.25, 0.3) is 0 Å². The zero-order chi connectivity index (χ0) is 21.6. The van der Waals surface area contributed by atoms with Gasteiger partial charge in [0.2, 0.25) is 5.91 Å². The summed E-state index contributed by atoms with van der Waals surface area (Å²) >= 11 is 13.4. The van der Waals surface area contributed by atoms with E-state index in [4.69, 9.17) is 23.2 Å². The molecule has 29 heavy (non-hydrogen) atoms. The molecule has 0 aromatic heterocycles. The van der Waals surface area contributed by atoms with Crippen LogP contribution in [-0.4, -0.2) is 29.9 Å². The summed E-state index contributed by atoms with van der Waals surface area (Å²) in [6.45, 7) is 1.65. The van der Waals surface area contributed by atoms with Crippen molar-refractivity contribution < 1.29 is 18.4 Å². The predicted octanol–water partition coefficient (Wildman–Crippen LogP) is 5.00. The number of carbonyl (C=O) groups excluding carboxylic acids is 2. The van der Waals surface area contributed by atoms with E-state index in [-0.39, 0.29) is 10.6 Å². The zero-order valence-corrected chi connectivity index (χ0v) is 18.1. The van der Waals surface area contributed by atoms with Crippen molar-refractivity contribution in [2.45, 2.75) is 25.4 Å². The smallest absolute Gasteiger partial charge is 0.253 e. The Kier molecular flexibility index (Phi) is 8.74. The van der Waals surface area contributed by atoms with Crippen molar-refractivity contribution in [3.05, 3.63) is 69.2 Å². The van der Waals surface area contributed by atoms with Crippen molar-refractivity contribution in [3.63, 3.8) is 0 Å². The summed E-state index contributed by atoms with van der Waals surface area (Å²) in [6, 6.07) is 6.48. The lowest BCUT2D eigenvalue weighted by Gasteiger charge is -2.22. The van der Waals surface area contributed by atoms with E-state index in [0.29, 0.717) is 22.8 Å². The lowest BCUT2D eigenvalue weighted by atomic mass is 10.1. The van der Waals surface area contributed by atoms with Crippen molar-refractivity contribution >= 4 is 46.8 Å². The van der Waals surface area contributed by atoms with Gasteiger partial charge in [-0.25, -0.2) is 8.78 Å². The summed E-state index contributed by atoms with van der Waals surface area (Å²) in [5.41, 5.74) is 0.611. The quantitative estimate of drug-likeness (QED) is 0.582. The third-order valence-corrected chi connectivity index (χ3v) is 5.40. The van der Waals surface area contributed by atoms with Gasteiger partial charge in [-0.15, -0.1) is 0 Å². The molecule has 0 spiro atoms. The van der Waals surface area contributed by atoms with Crippen LogP contribution in [-0.2, 0) is 4.79 Å². The average molecular weight is 461 g/mol. The molecule has 0 aliphatic carbocycles. The molecule has 0 heterocycles. The fraction of sp³-hybridized carbons (Fsp3) is 0.300. The van der Waals surface area contributed by atoms with Crippen LogP contribution in [0.1, 0.15) is 35.3 Å². The summed E-state index contributed by atoms with van der Waals surface area (Å²) in [6.07, 6.45) is 2.27. The molecule has 0 aliphatic rings. The zero-order valence-electron chi connectivity index (χ0n) is 15.8. The number of halogens is 4. The fourth-order valence-corrected chi connectivity index (χ4v) is 3.56. The summed E-state index contributed by atoms with van der Waals surface area (Å²) in [5, 5.41) is 5.97. The minimum Gasteiger partial charge on any atom is -0.348 e. The fourth-order valence-electron chi connectivity index (χ4n) is 2.59. The maximum absolute atomic E-state index is 13.5. The molecule has 2 aromatic carbocycles. The van der Waals surface area contributed by atoms with Gasteiger partial charge in [-0.3, -0.25) is 9.59 Å². The number of hydrogen-bond donors (Lipinski definition) is 2. The van der Waals surface area contributed by atoms with Gasteiger partial charge in [0.1, 0.15) is 6.04 Å². The Morgan fingerprint density at radius 2 is 1.79 bits per heavy atom. The van der Waals surface area contributed by atoms with Gasteiger partial charge >= 0.3 is 0 Å². The maximum atomic E-state index is 13.5. The standard InChI is InChI=1S/C20H20Cl2F2N2O2S/c1-11(12-3-6-16(23)17(24)9-12)25-20(28)18(7-8-29-2)26-19(27)14-5-4-13(21)10-15(14)22/h3-6,9-11,18H,7-8H2,1-2H3,(H,25,28)(H,26,27). The van der Waals surface area contributed by atoms with E-state index in [2.05, 4.69) is 10.6 Å². The molecule has 0 saturated carbocycles. The Morgan fingerprint density at radius 1 is 1.07 bits per heavy atom. The molecule has 2 atom stereocenters. The normalized spacial score (nSPS) is 12.9. The molecule has 156 valence electrons. The van der Waals surface area contributed by atoms with Gasteiger partial charge < -0.3 is 10.6 Å². The lowest BCUT2D eigenvalue weighted by Crippen LogP contribution is -2.47. The average Bonchev–Trinajstić information content (AvgIpc) is 2.66. The number of carbonyl (C=O) groups is 2. The number of benzene rings is 2. The Morgan fingerprint density at radius 3 is 2.41 bits per heavy atom. The van der Waals surface area contributed by atoms with Gasteiger partial charge in [-0.2, -0.15) is 11.8 Å².